The van der Waals surface area contributed by atoms with E-state index in [-0.39, 0.29) is 5.91 Å². The summed E-state index contributed by atoms with van der Waals surface area (Å²) in [6.07, 6.45) is 3.65. The summed E-state index contributed by atoms with van der Waals surface area (Å²) < 4.78 is 0. The number of carbonyl (C=O) groups excluding carboxylic acids is 1. The number of pyridine rings is 1. The number of hydrogen-bond donors (Lipinski definition) is 1. The quantitative estimate of drug-likeness (QED) is 0.877. The third-order valence-corrected chi connectivity index (χ3v) is 4.32. The highest BCUT2D eigenvalue weighted by Gasteiger charge is 2.23. The number of piperazine rings is 1. The SMILES string of the molecule is Nc1ccc(C(=O)N2CCN(Cc3cccnc3)CC2)c(Cl)c1. The van der Waals surface area contributed by atoms with Crippen LogP contribution in [0.5, 0.6) is 0 Å². The van der Waals surface area contributed by atoms with Gasteiger partial charge in [-0.3, -0.25) is 14.7 Å². The largest absolute Gasteiger partial charge is 0.399 e. The van der Waals surface area contributed by atoms with Gasteiger partial charge in [-0.25, -0.2) is 0 Å². The van der Waals surface area contributed by atoms with E-state index in [1.54, 1.807) is 24.4 Å². The van der Waals surface area contributed by atoms with Gasteiger partial charge in [0.2, 0.25) is 0 Å². The Morgan fingerprint density at radius 2 is 2.00 bits per heavy atom. The molecule has 1 saturated heterocycles. The van der Waals surface area contributed by atoms with Crippen molar-refractivity contribution in [3.8, 4) is 0 Å². The van der Waals surface area contributed by atoms with Gasteiger partial charge in [-0.2, -0.15) is 0 Å². The Bertz CT molecular complexity index is 684. The van der Waals surface area contributed by atoms with E-state index >= 15 is 0 Å². The molecule has 3 rings (SSSR count). The lowest BCUT2D eigenvalue weighted by Crippen LogP contribution is -2.48. The van der Waals surface area contributed by atoms with Crippen LogP contribution in [0.4, 0.5) is 5.69 Å². The lowest BCUT2D eigenvalue weighted by molar-refractivity contribution is 0.0628. The van der Waals surface area contributed by atoms with Crippen LogP contribution >= 0.6 is 11.6 Å². The summed E-state index contributed by atoms with van der Waals surface area (Å²) in [5.41, 5.74) is 7.94. The molecule has 2 heterocycles. The van der Waals surface area contributed by atoms with Crippen molar-refractivity contribution in [2.45, 2.75) is 6.54 Å². The van der Waals surface area contributed by atoms with E-state index in [0.29, 0.717) is 29.4 Å². The van der Waals surface area contributed by atoms with Crippen LogP contribution in [0.3, 0.4) is 0 Å². The van der Waals surface area contributed by atoms with E-state index in [9.17, 15) is 4.79 Å². The number of benzene rings is 1. The standard InChI is InChI=1S/C17H19ClN4O/c18-16-10-14(19)3-4-15(16)17(23)22-8-6-21(7-9-22)12-13-2-1-5-20-11-13/h1-5,10-11H,6-9,12,19H2. The van der Waals surface area contributed by atoms with Gasteiger partial charge in [-0.15, -0.1) is 0 Å². The Hall–Kier alpha value is -2.11. The van der Waals surface area contributed by atoms with Crippen molar-refractivity contribution < 1.29 is 4.79 Å². The number of nitrogens with zero attached hydrogens (tertiary/aromatic N) is 3. The number of rotatable bonds is 3. The van der Waals surface area contributed by atoms with Gasteiger partial charge in [-0.05, 0) is 29.8 Å². The maximum Gasteiger partial charge on any atom is 0.255 e. The van der Waals surface area contributed by atoms with E-state index < -0.39 is 0 Å². The van der Waals surface area contributed by atoms with Crippen LogP contribution in [-0.2, 0) is 6.54 Å². The number of hydrogen-bond acceptors (Lipinski definition) is 4. The van der Waals surface area contributed by atoms with Gasteiger partial charge < -0.3 is 10.6 Å². The van der Waals surface area contributed by atoms with Crippen LogP contribution in [0.2, 0.25) is 5.02 Å². The van der Waals surface area contributed by atoms with Crippen molar-refractivity contribution >= 4 is 23.2 Å². The molecule has 0 saturated carbocycles. The maximum absolute atomic E-state index is 12.6. The Labute approximate surface area is 140 Å². The van der Waals surface area contributed by atoms with Gasteiger partial charge in [0, 0.05) is 50.8 Å². The molecular formula is C17H19ClN4O. The van der Waals surface area contributed by atoms with Gasteiger partial charge in [0.25, 0.3) is 5.91 Å². The van der Waals surface area contributed by atoms with Gasteiger partial charge >= 0.3 is 0 Å². The average Bonchev–Trinajstić information content (AvgIpc) is 2.56. The fourth-order valence-corrected chi connectivity index (χ4v) is 3.00. The molecule has 2 N–H and O–H groups in total. The fraction of sp³-hybridized carbons (Fsp3) is 0.294. The first-order chi connectivity index (χ1) is 11.1. The summed E-state index contributed by atoms with van der Waals surface area (Å²) >= 11 is 6.13. The van der Waals surface area contributed by atoms with Crippen molar-refractivity contribution in [2.75, 3.05) is 31.9 Å². The summed E-state index contributed by atoms with van der Waals surface area (Å²) in [4.78, 5) is 20.9. The molecule has 0 radical (unpaired) electrons. The van der Waals surface area contributed by atoms with Gasteiger partial charge in [0.15, 0.2) is 0 Å². The van der Waals surface area contributed by atoms with Crippen molar-refractivity contribution in [3.05, 3.63) is 58.9 Å². The summed E-state index contributed by atoms with van der Waals surface area (Å²) in [5.74, 6) is -0.0315. The zero-order chi connectivity index (χ0) is 16.2. The number of halogens is 1. The van der Waals surface area contributed by atoms with E-state index in [4.69, 9.17) is 17.3 Å². The van der Waals surface area contributed by atoms with Crippen LogP contribution in [0, 0.1) is 0 Å². The minimum absolute atomic E-state index is 0.0315. The molecule has 1 aromatic carbocycles. The molecule has 1 aliphatic heterocycles. The second-order valence-corrected chi connectivity index (χ2v) is 6.08. The number of aromatic nitrogens is 1. The third kappa shape index (κ3) is 3.81. The van der Waals surface area contributed by atoms with Crippen molar-refractivity contribution in [3.63, 3.8) is 0 Å². The van der Waals surface area contributed by atoms with Crippen molar-refractivity contribution in [2.24, 2.45) is 0 Å². The highest BCUT2D eigenvalue weighted by molar-refractivity contribution is 6.34. The van der Waals surface area contributed by atoms with E-state index in [1.807, 2.05) is 17.2 Å². The van der Waals surface area contributed by atoms with E-state index in [1.165, 1.54) is 5.56 Å². The summed E-state index contributed by atoms with van der Waals surface area (Å²) in [7, 11) is 0. The van der Waals surface area contributed by atoms with Crippen molar-refractivity contribution in [1.29, 1.82) is 0 Å². The van der Waals surface area contributed by atoms with Crippen LogP contribution in [0.1, 0.15) is 15.9 Å². The highest BCUT2D eigenvalue weighted by Crippen LogP contribution is 2.21. The lowest BCUT2D eigenvalue weighted by Gasteiger charge is -2.34. The van der Waals surface area contributed by atoms with Crippen LogP contribution in [-0.4, -0.2) is 46.9 Å². The van der Waals surface area contributed by atoms with Gasteiger partial charge in [0.05, 0.1) is 10.6 Å². The molecule has 1 aromatic heterocycles. The molecule has 1 aliphatic rings. The van der Waals surface area contributed by atoms with Crippen LogP contribution in [0.15, 0.2) is 42.7 Å². The molecule has 0 atom stereocenters. The molecule has 0 bridgehead atoms. The predicted molar refractivity (Wildman–Crippen MR) is 91.3 cm³/mol. The number of amides is 1. The molecule has 0 unspecified atom stereocenters. The monoisotopic (exact) mass is 330 g/mol. The van der Waals surface area contributed by atoms with Gasteiger partial charge in [-0.1, -0.05) is 17.7 Å². The molecule has 1 amide bonds. The second kappa shape index (κ2) is 6.98. The Morgan fingerprint density at radius 1 is 1.22 bits per heavy atom. The number of anilines is 1. The first-order valence-electron chi connectivity index (χ1n) is 7.59. The molecule has 1 fully saturated rings. The maximum atomic E-state index is 12.6. The number of nitrogens with two attached hydrogens (primary N) is 1. The lowest BCUT2D eigenvalue weighted by atomic mass is 10.1. The average molecular weight is 331 g/mol. The minimum atomic E-state index is -0.0315. The fourth-order valence-electron chi connectivity index (χ4n) is 2.73. The number of nitrogen functional groups attached to an aromatic ring is 1. The Kier molecular flexibility index (Phi) is 4.79. The molecular weight excluding hydrogens is 312 g/mol. The second-order valence-electron chi connectivity index (χ2n) is 5.67. The topological polar surface area (TPSA) is 62.5 Å². The summed E-state index contributed by atoms with van der Waals surface area (Å²) in [6.45, 7) is 3.93. The summed E-state index contributed by atoms with van der Waals surface area (Å²) in [5, 5.41) is 0.410. The van der Waals surface area contributed by atoms with Gasteiger partial charge in [0.1, 0.15) is 0 Å². The normalized spacial score (nSPS) is 15.6. The zero-order valence-corrected chi connectivity index (χ0v) is 13.5. The molecule has 23 heavy (non-hydrogen) atoms. The molecule has 2 aromatic rings. The van der Waals surface area contributed by atoms with E-state index in [0.717, 1.165) is 19.6 Å². The third-order valence-electron chi connectivity index (χ3n) is 4.01. The minimum Gasteiger partial charge on any atom is -0.399 e. The van der Waals surface area contributed by atoms with Crippen LogP contribution < -0.4 is 5.73 Å². The van der Waals surface area contributed by atoms with Crippen LogP contribution in [0.25, 0.3) is 0 Å². The highest BCUT2D eigenvalue weighted by atomic mass is 35.5. The molecule has 120 valence electrons. The van der Waals surface area contributed by atoms with Crippen molar-refractivity contribution in [1.82, 2.24) is 14.8 Å². The molecule has 5 nitrogen and oxygen atoms in total. The Morgan fingerprint density at radius 3 is 2.65 bits per heavy atom. The molecule has 6 heteroatoms. The molecule has 0 spiro atoms. The summed E-state index contributed by atoms with van der Waals surface area (Å²) in [6, 6.07) is 9.03. The predicted octanol–water partition coefficient (Wildman–Crippen LogP) is 2.28. The first kappa shape index (κ1) is 15.8. The van der Waals surface area contributed by atoms with E-state index in [2.05, 4.69) is 16.0 Å². The smallest absolute Gasteiger partial charge is 0.255 e. The Balaban J connectivity index is 1.59. The first-order valence-corrected chi connectivity index (χ1v) is 7.97. The molecule has 0 aliphatic carbocycles. The number of carbonyl (C=O) groups is 1. The zero-order valence-electron chi connectivity index (χ0n) is 12.8.